The molecule has 14 heteroatoms. The average molecular weight is 571 g/mol. The molecular formula is C23H27ClN4O7S2. The van der Waals surface area contributed by atoms with Crippen LogP contribution >= 0.6 is 11.6 Å². The van der Waals surface area contributed by atoms with Crippen LogP contribution in [0.1, 0.15) is 23.2 Å². The number of amides is 2. The lowest BCUT2D eigenvalue weighted by Gasteiger charge is -2.30. The third-order valence-electron chi connectivity index (χ3n) is 6.30. The molecule has 0 atom stereocenters. The monoisotopic (exact) mass is 570 g/mol. The van der Waals surface area contributed by atoms with Crippen molar-refractivity contribution in [2.75, 3.05) is 39.4 Å². The average Bonchev–Trinajstić information content (AvgIpc) is 2.92. The summed E-state index contributed by atoms with van der Waals surface area (Å²) in [5.74, 6) is -1.51. The molecule has 0 bridgehead atoms. The second kappa shape index (κ2) is 11.5. The van der Waals surface area contributed by atoms with Gasteiger partial charge in [-0.3, -0.25) is 20.4 Å². The minimum atomic E-state index is -3.69. The molecule has 2 aliphatic rings. The van der Waals surface area contributed by atoms with Crippen LogP contribution in [0.3, 0.4) is 0 Å². The summed E-state index contributed by atoms with van der Waals surface area (Å²) in [6.45, 7) is 1.52. The van der Waals surface area contributed by atoms with Crippen LogP contribution in [0.4, 0.5) is 0 Å². The number of hydrogen-bond donors (Lipinski definition) is 2. The van der Waals surface area contributed by atoms with Gasteiger partial charge < -0.3 is 4.74 Å². The van der Waals surface area contributed by atoms with Gasteiger partial charge in [0, 0.05) is 42.7 Å². The maximum atomic E-state index is 12.8. The molecular weight excluding hydrogens is 544 g/mol. The zero-order chi connectivity index (χ0) is 26.6. The maximum absolute atomic E-state index is 12.8. The van der Waals surface area contributed by atoms with Crippen molar-refractivity contribution in [3.05, 3.63) is 59.1 Å². The number of halogens is 1. The van der Waals surface area contributed by atoms with Crippen LogP contribution in [0.5, 0.6) is 0 Å². The molecule has 200 valence electrons. The van der Waals surface area contributed by atoms with E-state index >= 15 is 0 Å². The Morgan fingerprint density at radius 2 is 1.24 bits per heavy atom. The molecule has 2 amide bonds. The summed E-state index contributed by atoms with van der Waals surface area (Å²) < 4.78 is 58.9. The predicted octanol–water partition coefficient (Wildman–Crippen LogP) is 1.22. The van der Waals surface area contributed by atoms with Gasteiger partial charge in [0.2, 0.25) is 26.0 Å². The van der Waals surface area contributed by atoms with Crippen LogP contribution < -0.4 is 10.9 Å². The molecule has 37 heavy (non-hydrogen) atoms. The molecule has 0 radical (unpaired) electrons. The zero-order valence-corrected chi connectivity index (χ0v) is 22.2. The minimum Gasteiger partial charge on any atom is -0.379 e. The topological polar surface area (TPSA) is 142 Å². The Balaban J connectivity index is 1.28. The first-order chi connectivity index (χ1) is 17.6. The predicted molar refractivity (Wildman–Crippen MR) is 135 cm³/mol. The molecule has 2 aliphatic heterocycles. The lowest BCUT2D eigenvalue weighted by atomic mass is 9.98. The number of benzene rings is 2. The molecule has 0 aromatic heterocycles. The van der Waals surface area contributed by atoms with E-state index in [1.807, 2.05) is 0 Å². The highest BCUT2D eigenvalue weighted by atomic mass is 35.5. The quantitative estimate of drug-likeness (QED) is 0.497. The first-order valence-corrected chi connectivity index (χ1v) is 14.9. The SMILES string of the molecule is O=C(NNC(=O)C1CCN(S(=O)(=O)c2ccc(Cl)cc2)CC1)c1ccc(S(=O)(=O)N2CCOCC2)cc1. The fourth-order valence-electron chi connectivity index (χ4n) is 4.12. The molecule has 0 aliphatic carbocycles. The van der Waals surface area contributed by atoms with Gasteiger partial charge in [-0.2, -0.15) is 8.61 Å². The normalized spacial score (nSPS) is 18.3. The maximum Gasteiger partial charge on any atom is 0.269 e. The van der Waals surface area contributed by atoms with Crippen molar-refractivity contribution in [1.82, 2.24) is 19.5 Å². The number of ether oxygens (including phenoxy) is 1. The molecule has 4 rings (SSSR count). The van der Waals surface area contributed by atoms with Gasteiger partial charge >= 0.3 is 0 Å². The Bertz CT molecular complexity index is 1340. The van der Waals surface area contributed by atoms with Gasteiger partial charge in [0.15, 0.2) is 0 Å². The summed E-state index contributed by atoms with van der Waals surface area (Å²) in [5.41, 5.74) is 4.88. The minimum absolute atomic E-state index is 0.0651. The number of carbonyl (C=O) groups is 2. The molecule has 2 aromatic carbocycles. The molecule has 0 spiro atoms. The van der Waals surface area contributed by atoms with Crippen LogP contribution in [0.25, 0.3) is 0 Å². The Kier molecular flexibility index (Phi) is 8.51. The van der Waals surface area contributed by atoms with E-state index in [0.717, 1.165) is 0 Å². The Hall–Kier alpha value is -2.55. The Labute approximate surface area is 220 Å². The molecule has 2 aromatic rings. The number of sulfonamides is 2. The van der Waals surface area contributed by atoms with Gasteiger partial charge in [-0.1, -0.05) is 11.6 Å². The third kappa shape index (κ3) is 6.30. The molecule has 0 saturated carbocycles. The van der Waals surface area contributed by atoms with Crippen molar-refractivity contribution in [2.24, 2.45) is 5.92 Å². The van der Waals surface area contributed by atoms with Crippen molar-refractivity contribution in [3.63, 3.8) is 0 Å². The van der Waals surface area contributed by atoms with Crippen LogP contribution in [0.2, 0.25) is 5.02 Å². The Morgan fingerprint density at radius 1 is 0.757 bits per heavy atom. The van der Waals surface area contributed by atoms with E-state index in [-0.39, 0.29) is 41.5 Å². The largest absolute Gasteiger partial charge is 0.379 e. The van der Waals surface area contributed by atoms with E-state index in [4.69, 9.17) is 16.3 Å². The number of hydrogen-bond acceptors (Lipinski definition) is 7. The Morgan fingerprint density at radius 3 is 1.78 bits per heavy atom. The molecule has 2 N–H and O–H groups in total. The van der Waals surface area contributed by atoms with Crippen molar-refractivity contribution in [3.8, 4) is 0 Å². The molecule has 11 nitrogen and oxygen atoms in total. The van der Waals surface area contributed by atoms with Gasteiger partial charge in [0.05, 0.1) is 23.0 Å². The second-order valence-corrected chi connectivity index (χ2v) is 12.9. The standard InChI is InChI=1S/C23H27ClN4O7S2/c24-19-3-7-21(8-4-19)36(31,32)27-11-9-18(10-12-27)23(30)26-25-22(29)17-1-5-20(6-2-17)37(33,34)28-13-15-35-16-14-28/h1-8,18H,9-16H2,(H,25,29)(H,26,30). The van der Waals surface area contributed by atoms with E-state index in [0.29, 0.717) is 31.1 Å². The molecule has 2 fully saturated rings. The zero-order valence-electron chi connectivity index (χ0n) is 19.8. The summed E-state index contributed by atoms with van der Waals surface area (Å²) >= 11 is 5.83. The van der Waals surface area contributed by atoms with Gasteiger partial charge in [0.1, 0.15) is 0 Å². The smallest absolute Gasteiger partial charge is 0.269 e. The van der Waals surface area contributed by atoms with E-state index < -0.39 is 37.8 Å². The van der Waals surface area contributed by atoms with Crippen LogP contribution in [-0.2, 0) is 29.6 Å². The summed E-state index contributed by atoms with van der Waals surface area (Å²) in [5, 5.41) is 0.436. The number of carbonyl (C=O) groups excluding carboxylic acids is 2. The number of piperidine rings is 1. The van der Waals surface area contributed by atoms with Crippen molar-refractivity contribution in [1.29, 1.82) is 0 Å². The molecule has 2 saturated heterocycles. The second-order valence-electron chi connectivity index (χ2n) is 8.62. The highest BCUT2D eigenvalue weighted by Gasteiger charge is 2.32. The first-order valence-electron chi connectivity index (χ1n) is 11.6. The van der Waals surface area contributed by atoms with Crippen molar-refractivity contribution in [2.45, 2.75) is 22.6 Å². The van der Waals surface area contributed by atoms with Gasteiger partial charge in [-0.25, -0.2) is 16.8 Å². The number of nitrogens with zero attached hydrogens (tertiary/aromatic N) is 2. The highest BCUT2D eigenvalue weighted by molar-refractivity contribution is 7.89. The first kappa shape index (κ1) is 27.5. The molecule has 2 heterocycles. The lowest BCUT2D eigenvalue weighted by molar-refractivity contribution is -0.126. The van der Waals surface area contributed by atoms with Crippen LogP contribution in [-0.4, -0.2) is 76.7 Å². The molecule has 0 unspecified atom stereocenters. The summed E-state index contributed by atoms with van der Waals surface area (Å²) in [7, 11) is -7.37. The highest BCUT2D eigenvalue weighted by Crippen LogP contribution is 2.25. The fourth-order valence-corrected chi connectivity index (χ4v) is 7.12. The van der Waals surface area contributed by atoms with Crippen molar-refractivity contribution >= 4 is 43.5 Å². The third-order valence-corrected chi connectivity index (χ3v) is 10.4. The summed E-state index contributed by atoms with van der Waals surface area (Å²) in [6, 6.07) is 11.3. The summed E-state index contributed by atoms with van der Waals surface area (Å²) in [4.78, 5) is 25.2. The number of rotatable bonds is 6. The van der Waals surface area contributed by atoms with E-state index in [1.54, 1.807) is 0 Å². The van der Waals surface area contributed by atoms with Crippen LogP contribution in [0, 0.1) is 5.92 Å². The van der Waals surface area contributed by atoms with Gasteiger partial charge in [-0.05, 0) is 61.4 Å². The van der Waals surface area contributed by atoms with E-state index in [2.05, 4.69) is 10.9 Å². The van der Waals surface area contributed by atoms with E-state index in [9.17, 15) is 26.4 Å². The van der Waals surface area contributed by atoms with E-state index in [1.165, 1.54) is 57.1 Å². The van der Waals surface area contributed by atoms with Crippen LogP contribution in [0.15, 0.2) is 58.3 Å². The number of nitrogens with one attached hydrogen (secondary N) is 2. The van der Waals surface area contributed by atoms with Crippen molar-refractivity contribution < 1.29 is 31.2 Å². The van der Waals surface area contributed by atoms with Gasteiger partial charge in [0.25, 0.3) is 5.91 Å². The number of morpholine rings is 1. The summed E-state index contributed by atoms with van der Waals surface area (Å²) in [6.07, 6.45) is 0.589. The number of hydrazine groups is 1. The lowest BCUT2D eigenvalue weighted by Crippen LogP contribution is -2.48. The van der Waals surface area contributed by atoms with Gasteiger partial charge in [-0.15, -0.1) is 0 Å². The fraction of sp³-hybridized carbons (Fsp3) is 0.391.